The van der Waals surface area contributed by atoms with Crippen molar-refractivity contribution in [1.82, 2.24) is 5.32 Å². The molecule has 5 nitrogen and oxygen atoms in total. The third-order valence-corrected chi connectivity index (χ3v) is 5.95. The van der Waals surface area contributed by atoms with Gasteiger partial charge in [0, 0.05) is 12.5 Å². The summed E-state index contributed by atoms with van der Waals surface area (Å²) in [6, 6.07) is 22.3. The summed E-state index contributed by atoms with van der Waals surface area (Å²) in [6.45, 7) is 4.19. The molecular formula is C27H27NO4. The van der Waals surface area contributed by atoms with Crippen molar-refractivity contribution in [1.29, 1.82) is 0 Å². The average Bonchev–Trinajstić information content (AvgIpc) is 3.08. The van der Waals surface area contributed by atoms with Crippen LogP contribution in [0.25, 0.3) is 11.1 Å². The Balaban J connectivity index is 1.37. The molecule has 0 spiro atoms. The van der Waals surface area contributed by atoms with Gasteiger partial charge in [-0.3, -0.25) is 4.79 Å². The number of carboxylic acid groups (broad SMARTS) is 1. The van der Waals surface area contributed by atoms with E-state index in [0.717, 1.165) is 38.9 Å². The summed E-state index contributed by atoms with van der Waals surface area (Å²) in [7, 11) is 0. The van der Waals surface area contributed by atoms with E-state index in [2.05, 4.69) is 29.6 Å². The Hall–Kier alpha value is -3.60. The molecule has 3 aromatic rings. The number of nitrogens with one attached hydrogen (secondary N) is 1. The Labute approximate surface area is 188 Å². The molecule has 1 aliphatic carbocycles. The van der Waals surface area contributed by atoms with Crippen molar-refractivity contribution in [2.45, 2.75) is 26.2 Å². The van der Waals surface area contributed by atoms with Crippen molar-refractivity contribution in [2.24, 2.45) is 5.92 Å². The molecule has 0 saturated heterocycles. The van der Waals surface area contributed by atoms with Crippen molar-refractivity contribution in [3.63, 3.8) is 0 Å². The Kier molecular flexibility index (Phi) is 6.26. The van der Waals surface area contributed by atoms with Gasteiger partial charge in [-0.05, 0) is 48.1 Å². The zero-order valence-electron chi connectivity index (χ0n) is 18.3. The molecule has 0 aromatic heterocycles. The number of aryl methyl sites for hydroxylation is 2. The molecule has 3 aromatic carbocycles. The van der Waals surface area contributed by atoms with Gasteiger partial charge in [0.05, 0.1) is 5.92 Å². The summed E-state index contributed by atoms with van der Waals surface area (Å²) in [5, 5.41) is 12.3. The van der Waals surface area contributed by atoms with Gasteiger partial charge in [0.15, 0.2) is 0 Å². The minimum Gasteiger partial charge on any atom is -0.481 e. The van der Waals surface area contributed by atoms with Crippen molar-refractivity contribution in [3.8, 4) is 11.1 Å². The molecule has 1 amide bonds. The van der Waals surface area contributed by atoms with Gasteiger partial charge in [0.1, 0.15) is 6.61 Å². The number of rotatable bonds is 7. The van der Waals surface area contributed by atoms with Gasteiger partial charge in [-0.2, -0.15) is 0 Å². The molecule has 4 rings (SSSR count). The number of alkyl carbamates (subject to hydrolysis) is 1. The van der Waals surface area contributed by atoms with Crippen molar-refractivity contribution in [3.05, 3.63) is 94.5 Å². The Morgan fingerprint density at radius 3 is 2.06 bits per heavy atom. The molecule has 0 saturated carbocycles. The van der Waals surface area contributed by atoms with E-state index in [-0.39, 0.29) is 19.1 Å². The fraction of sp³-hybridized carbons (Fsp3) is 0.259. The van der Waals surface area contributed by atoms with Crippen LogP contribution in [0.15, 0.2) is 66.7 Å². The van der Waals surface area contributed by atoms with Crippen LogP contribution in [-0.2, 0) is 16.0 Å². The number of fused-ring (bicyclic) bond motifs is 3. The predicted octanol–water partition coefficient (Wildman–Crippen LogP) is 5.09. The van der Waals surface area contributed by atoms with Crippen LogP contribution in [0.2, 0.25) is 0 Å². The zero-order chi connectivity index (χ0) is 22.7. The molecule has 0 heterocycles. The number of carboxylic acids is 1. The highest BCUT2D eigenvalue weighted by molar-refractivity contribution is 5.79. The van der Waals surface area contributed by atoms with Gasteiger partial charge in [0.2, 0.25) is 0 Å². The fourth-order valence-corrected chi connectivity index (χ4v) is 4.57. The number of carbonyl (C=O) groups is 2. The van der Waals surface area contributed by atoms with Crippen molar-refractivity contribution < 1.29 is 19.4 Å². The molecule has 1 atom stereocenters. The van der Waals surface area contributed by atoms with Gasteiger partial charge in [-0.15, -0.1) is 0 Å². The molecule has 0 unspecified atom stereocenters. The second kappa shape index (κ2) is 9.27. The maximum absolute atomic E-state index is 12.4. The SMILES string of the molecule is Cc1cc(C)cc(C[C@H](CNC(=O)OCC2c3ccccc3-c3ccccc32)C(=O)O)c1. The van der Waals surface area contributed by atoms with E-state index < -0.39 is 18.0 Å². The quantitative estimate of drug-likeness (QED) is 0.549. The van der Waals surface area contributed by atoms with E-state index in [9.17, 15) is 14.7 Å². The maximum atomic E-state index is 12.4. The van der Waals surface area contributed by atoms with E-state index in [1.54, 1.807) is 0 Å². The van der Waals surface area contributed by atoms with Crippen LogP contribution in [0.3, 0.4) is 0 Å². The number of aliphatic carboxylic acids is 1. The van der Waals surface area contributed by atoms with E-state index in [0.29, 0.717) is 6.42 Å². The summed E-state index contributed by atoms with van der Waals surface area (Å²) >= 11 is 0. The summed E-state index contributed by atoms with van der Waals surface area (Å²) < 4.78 is 5.52. The molecular weight excluding hydrogens is 402 g/mol. The lowest BCUT2D eigenvalue weighted by Gasteiger charge is -2.17. The fourth-order valence-electron chi connectivity index (χ4n) is 4.57. The van der Waals surface area contributed by atoms with Gasteiger partial charge < -0.3 is 15.2 Å². The Morgan fingerprint density at radius 2 is 1.50 bits per heavy atom. The summed E-state index contributed by atoms with van der Waals surface area (Å²) in [5.74, 6) is -1.70. The molecule has 5 heteroatoms. The Bertz CT molecular complexity index is 1090. The highest BCUT2D eigenvalue weighted by Gasteiger charge is 2.29. The lowest BCUT2D eigenvalue weighted by atomic mass is 9.96. The lowest BCUT2D eigenvalue weighted by Crippen LogP contribution is -2.35. The normalized spacial score (nSPS) is 13.2. The minimum absolute atomic E-state index is 0.0129. The highest BCUT2D eigenvalue weighted by Crippen LogP contribution is 2.44. The van der Waals surface area contributed by atoms with Crippen LogP contribution in [0.5, 0.6) is 0 Å². The number of amides is 1. The highest BCUT2D eigenvalue weighted by atomic mass is 16.5. The molecule has 32 heavy (non-hydrogen) atoms. The summed E-state index contributed by atoms with van der Waals surface area (Å²) in [6.07, 6.45) is -0.250. The number of carbonyl (C=O) groups excluding carboxylic acids is 1. The van der Waals surface area contributed by atoms with E-state index in [1.807, 2.05) is 56.3 Å². The van der Waals surface area contributed by atoms with E-state index >= 15 is 0 Å². The van der Waals surface area contributed by atoms with E-state index in [1.165, 1.54) is 0 Å². The standard InChI is InChI=1S/C27H27NO4/c1-17-11-18(2)13-19(12-17)14-20(26(29)30)15-28-27(31)32-16-25-23-9-5-3-7-21(23)22-8-4-6-10-24(22)25/h3-13,20,25H,14-16H2,1-2H3,(H,28,31)(H,29,30)/t20-/m1/s1. The smallest absolute Gasteiger partial charge is 0.407 e. The molecule has 1 aliphatic rings. The first kappa shape index (κ1) is 21.6. The van der Waals surface area contributed by atoms with Gasteiger partial charge >= 0.3 is 12.1 Å². The van der Waals surface area contributed by atoms with Gasteiger partial charge in [0.25, 0.3) is 0 Å². The second-order valence-corrected chi connectivity index (χ2v) is 8.44. The van der Waals surface area contributed by atoms with E-state index in [4.69, 9.17) is 4.74 Å². The first-order chi connectivity index (χ1) is 15.4. The first-order valence-electron chi connectivity index (χ1n) is 10.8. The summed E-state index contributed by atoms with van der Waals surface area (Å²) in [5.41, 5.74) is 7.74. The lowest BCUT2D eigenvalue weighted by molar-refractivity contribution is -0.141. The number of benzene rings is 3. The maximum Gasteiger partial charge on any atom is 0.407 e. The molecule has 0 radical (unpaired) electrons. The van der Waals surface area contributed by atoms with Crippen molar-refractivity contribution in [2.75, 3.05) is 13.2 Å². The second-order valence-electron chi connectivity index (χ2n) is 8.44. The molecule has 0 aliphatic heterocycles. The third kappa shape index (κ3) is 4.67. The topological polar surface area (TPSA) is 75.6 Å². The zero-order valence-corrected chi connectivity index (χ0v) is 18.3. The minimum atomic E-state index is -0.942. The number of hydrogen-bond acceptors (Lipinski definition) is 3. The number of ether oxygens (including phenoxy) is 1. The largest absolute Gasteiger partial charge is 0.481 e. The monoisotopic (exact) mass is 429 g/mol. The van der Waals surface area contributed by atoms with Crippen LogP contribution in [-0.4, -0.2) is 30.3 Å². The van der Waals surface area contributed by atoms with Crippen LogP contribution in [0.1, 0.15) is 33.7 Å². The Morgan fingerprint density at radius 1 is 0.938 bits per heavy atom. The van der Waals surface area contributed by atoms with Crippen molar-refractivity contribution >= 4 is 12.1 Å². The van der Waals surface area contributed by atoms with Crippen LogP contribution in [0, 0.1) is 19.8 Å². The third-order valence-electron chi connectivity index (χ3n) is 5.95. The molecule has 0 fully saturated rings. The van der Waals surface area contributed by atoms with Crippen LogP contribution in [0.4, 0.5) is 4.79 Å². The molecule has 164 valence electrons. The van der Waals surface area contributed by atoms with Gasteiger partial charge in [-0.25, -0.2) is 4.79 Å². The van der Waals surface area contributed by atoms with Crippen LogP contribution >= 0.6 is 0 Å². The molecule has 0 bridgehead atoms. The van der Waals surface area contributed by atoms with Crippen LogP contribution < -0.4 is 5.32 Å². The predicted molar refractivity (Wildman–Crippen MR) is 124 cm³/mol. The molecule has 2 N–H and O–H groups in total. The average molecular weight is 430 g/mol. The summed E-state index contributed by atoms with van der Waals surface area (Å²) in [4.78, 5) is 24.1. The number of hydrogen-bond donors (Lipinski definition) is 2. The van der Waals surface area contributed by atoms with Gasteiger partial charge in [-0.1, -0.05) is 77.9 Å². The first-order valence-corrected chi connectivity index (χ1v) is 10.8.